The fraction of sp³-hybridized carbons (Fsp3) is 0.611. The minimum Gasteiger partial charge on any atom is -0.495 e. The van der Waals surface area contributed by atoms with Crippen molar-refractivity contribution < 1.29 is 17.9 Å². The smallest absolute Gasteiger partial charge is 0.251 e. The molecule has 0 aromatic heterocycles. The van der Waals surface area contributed by atoms with Crippen LogP contribution in [0, 0.1) is 5.92 Å². The van der Waals surface area contributed by atoms with Crippen LogP contribution in [0.3, 0.4) is 0 Å². The number of amides is 1. The number of nitrogens with one attached hydrogen (secondary N) is 2. The van der Waals surface area contributed by atoms with E-state index in [9.17, 15) is 13.2 Å². The maximum atomic E-state index is 12.9. The van der Waals surface area contributed by atoms with E-state index in [2.05, 4.69) is 17.6 Å². The van der Waals surface area contributed by atoms with E-state index >= 15 is 0 Å². The highest BCUT2D eigenvalue weighted by atomic mass is 35.5. The van der Waals surface area contributed by atoms with E-state index < -0.39 is 10.0 Å². The van der Waals surface area contributed by atoms with E-state index in [1.165, 1.54) is 17.5 Å². The second kappa shape index (κ2) is 9.23. The molecule has 9 heteroatoms. The first kappa shape index (κ1) is 21.9. The van der Waals surface area contributed by atoms with Crippen molar-refractivity contribution in [3.05, 3.63) is 23.8 Å². The van der Waals surface area contributed by atoms with Gasteiger partial charge in [0.15, 0.2) is 0 Å². The number of piperidine rings is 1. The summed E-state index contributed by atoms with van der Waals surface area (Å²) in [7, 11) is -2.22. The van der Waals surface area contributed by atoms with Crippen molar-refractivity contribution in [2.75, 3.05) is 33.3 Å². The van der Waals surface area contributed by atoms with Gasteiger partial charge in [-0.1, -0.05) is 6.92 Å². The highest BCUT2D eigenvalue weighted by molar-refractivity contribution is 7.89. The lowest BCUT2D eigenvalue weighted by molar-refractivity contribution is 0.0914. The summed E-state index contributed by atoms with van der Waals surface area (Å²) in [6.45, 7) is 4.84. The normalized spacial score (nSPS) is 23.5. The Bertz CT molecular complexity index is 766. The lowest BCUT2D eigenvalue weighted by atomic mass is 9.95. The average molecular weight is 418 g/mol. The Morgan fingerprint density at radius 2 is 2.00 bits per heavy atom. The number of hydrogen-bond donors (Lipinski definition) is 2. The molecule has 0 radical (unpaired) electrons. The van der Waals surface area contributed by atoms with E-state index in [0.717, 1.165) is 32.4 Å². The predicted octanol–water partition coefficient (Wildman–Crippen LogP) is 1.63. The zero-order chi connectivity index (χ0) is 18.7. The van der Waals surface area contributed by atoms with Crippen LogP contribution in [0.1, 0.15) is 36.5 Å². The largest absolute Gasteiger partial charge is 0.495 e. The summed E-state index contributed by atoms with van der Waals surface area (Å²) in [4.78, 5) is 12.7. The van der Waals surface area contributed by atoms with Crippen LogP contribution >= 0.6 is 12.4 Å². The summed E-state index contributed by atoms with van der Waals surface area (Å²) < 4.78 is 32.6. The Morgan fingerprint density at radius 1 is 1.30 bits per heavy atom. The molecule has 2 atom stereocenters. The Morgan fingerprint density at radius 3 is 2.63 bits per heavy atom. The summed E-state index contributed by atoms with van der Waals surface area (Å²) in [6.07, 6.45) is 2.58. The van der Waals surface area contributed by atoms with Crippen LogP contribution in [-0.2, 0) is 10.0 Å². The van der Waals surface area contributed by atoms with E-state index in [1.807, 2.05) is 0 Å². The van der Waals surface area contributed by atoms with Crippen molar-refractivity contribution in [2.45, 2.75) is 37.1 Å². The Balaban J connectivity index is 0.00000261. The second-order valence-electron chi connectivity index (χ2n) is 7.03. The minimum absolute atomic E-state index is 0. The summed E-state index contributed by atoms with van der Waals surface area (Å²) in [6, 6.07) is 4.70. The van der Waals surface area contributed by atoms with E-state index in [0.29, 0.717) is 24.6 Å². The molecule has 1 amide bonds. The van der Waals surface area contributed by atoms with Crippen LogP contribution in [0.4, 0.5) is 0 Å². The molecule has 27 heavy (non-hydrogen) atoms. The van der Waals surface area contributed by atoms with Gasteiger partial charge in [0.2, 0.25) is 10.0 Å². The average Bonchev–Trinajstić information content (AvgIpc) is 3.18. The molecule has 1 aromatic carbocycles. The number of benzene rings is 1. The zero-order valence-electron chi connectivity index (χ0n) is 15.7. The Hall–Kier alpha value is -1.35. The van der Waals surface area contributed by atoms with Crippen LogP contribution in [0.5, 0.6) is 5.75 Å². The fourth-order valence-electron chi connectivity index (χ4n) is 3.57. The number of rotatable bonds is 5. The zero-order valence-corrected chi connectivity index (χ0v) is 17.4. The molecule has 2 N–H and O–H groups in total. The Kier molecular flexibility index (Phi) is 7.50. The van der Waals surface area contributed by atoms with Gasteiger partial charge in [-0.2, -0.15) is 4.31 Å². The number of methoxy groups -OCH3 is 1. The third-order valence-electron chi connectivity index (χ3n) is 5.21. The molecule has 2 saturated heterocycles. The first-order chi connectivity index (χ1) is 12.4. The SMILES string of the molecule is COc1ccc(C(=O)NC2CCNCC2C)cc1S(=O)(=O)N1CCCC1.Cl. The van der Waals surface area contributed by atoms with Crippen molar-refractivity contribution >= 4 is 28.3 Å². The topological polar surface area (TPSA) is 87.7 Å². The summed E-state index contributed by atoms with van der Waals surface area (Å²) >= 11 is 0. The summed E-state index contributed by atoms with van der Waals surface area (Å²) in [5.74, 6) is 0.353. The third-order valence-corrected chi connectivity index (χ3v) is 7.13. The van der Waals surface area contributed by atoms with Crippen molar-refractivity contribution in [2.24, 2.45) is 5.92 Å². The van der Waals surface area contributed by atoms with Gasteiger partial charge in [0, 0.05) is 24.7 Å². The monoisotopic (exact) mass is 417 g/mol. The number of ether oxygens (including phenoxy) is 1. The predicted molar refractivity (Wildman–Crippen MR) is 106 cm³/mol. The molecule has 2 unspecified atom stereocenters. The van der Waals surface area contributed by atoms with Crippen molar-refractivity contribution in [1.82, 2.24) is 14.9 Å². The fourth-order valence-corrected chi connectivity index (χ4v) is 5.27. The summed E-state index contributed by atoms with van der Waals surface area (Å²) in [5, 5.41) is 6.34. The van der Waals surface area contributed by atoms with E-state index in [4.69, 9.17) is 4.74 Å². The van der Waals surface area contributed by atoms with Crippen molar-refractivity contribution in [3.63, 3.8) is 0 Å². The molecule has 2 aliphatic rings. The van der Waals surface area contributed by atoms with Crippen LogP contribution in [0.15, 0.2) is 23.1 Å². The quantitative estimate of drug-likeness (QED) is 0.760. The number of carbonyl (C=O) groups is 1. The maximum absolute atomic E-state index is 12.9. The first-order valence-corrected chi connectivity index (χ1v) is 10.6. The van der Waals surface area contributed by atoms with Crippen LogP contribution in [0.2, 0.25) is 0 Å². The molecule has 3 rings (SSSR count). The molecule has 0 bridgehead atoms. The van der Waals surface area contributed by atoms with Crippen LogP contribution < -0.4 is 15.4 Å². The van der Waals surface area contributed by atoms with Gasteiger partial charge in [0.25, 0.3) is 5.91 Å². The lowest BCUT2D eigenvalue weighted by Gasteiger charge is -2.30. The minimum atomic E-state index is -3.66. The molecule has 1 aromatic rings. The van der Waals surface area contributed by atoms with Crippen molar-refractivity contribution in [1.29, 1.82) is 0 Å². The lowest BCUT2D eigenvalue weighted by Crippen LogP contribution is -2.48. The number of nitrogens with zero attached hydrogens (tertiary/aromatic N) is 1. The van der Waals surface area contributed by atoms with Gasteiger partial charge < -0.3 is 15.4 Å². The van der Waals surface area contributed by atoms with Gasteiger partial charge in [-0.25, -0.2) is 8.42 Å². The Labute approximate surface area is 167 Å². The van der Waals surface area contributed by atoms with Gasteiger partial charge in [-0.3, -0.25) is 4.79 Å². The maximum Gasteiger partial charge on any atom is 0.251 e. The molecule has 0 aliphatic carbocycles. The molecule has 2 fully saturated rings. The number of sulfonamides is 1. The highest BCUT2D eigenvalue weighted by Gasteiger charge is 2.31. The van der Waals surface area contributed by atoms with Crippen LogP contribution in [0.25, 0.3) is 0 Å². The molecule has 0 spiro atoms. The molecular formula is C18H28ClN3O4S. The van der Waals surface area contributed by atoms with Crippen molar-refractivity contribution in [3.8, 4) is 5.75 Å². The third kappa shape index (κ3) is 4.74. The first-order valence-electron chi connectivity index (χ1n) is 9.13. The van der Waals surface area contributed by atoms with Gasteiger partial charge in [0.05, 0.1) is 7.11 Å². The molecule has 2 heterocycles. The number of carbonyl (C=O) groups excluding carboxylic acids is 1. The summed E-state index contributed by atoms with van der Waals surface area (Å²) in [5.41, 5.74) is 0.342. The number of halogens is 1. The van der Waals surface area contributed by atoms with Gasteiger partial charge in [0.1, 0.15) is 10.6 Å². The molecule has 7 nitrogen and oxygen atoms in total. The second-order valence-corrected chi connectivity index (χ2v) is 8.93. The van der Waals surface area contributed by atoms with Gasteiger partial charge >= 0.3 is 0 Å². The van der Waals surface area contributed by atoms with Gasteiger partial charge in [-0.15, -0.1) is 12.4 Å². The number of hydrogen-bond acceptors (Lipinski definition) is 5. The molecule has 0 saturated carbocycles. The van der Waals surface area contributed by atoms with Crippen LogP contribution in [-0.4, -0.2) is 58.0 Å². The molecule has 152 valence electrons. The van der Waals surface area contributed by atoms with E-state index in [-0.39, 0.29) is 35.0 Å². The molecule has 2 aliphatic heterocycles. The standard InChI is InChI=1S/C18H27N3O4S.ClH/c1-13-12-19-8-7-15(13)20-18(22)14-5-6-16(25-2)17(11-14)26(23,24)21-9-3-4-10-21;/h5-6,11,13,15,19H,3-4,7-10,12H2,1-2H3,(H,20,22);1H. The van der Waals surface area contributed by atoms with E-state index in [1.54, 1.807) is 12.1 Å². The highest BCUT2D eigenvalue weighted by Crippen LogP contribution is 2.30. The molecular weight excluding hydrogens is 390 g/mol. The van der Waals surface area contributed by atoms with Gasteiger partial charge in [-0.05, 0) is 56.5 Å².